The lowest BCUT2D eigenvalue weighted by atomic mass is 10.1. The highest BCUT2D eigenvalue weighted by atomic mass is 35.5. The number of aryl methyl sites for hydroxylation is 1. The summed E-state index contributed by atoms with van der Waals surface area (Å²) >= 11 is 5.94. The van der Waals surface area contributed by atoms with Crippen LogP contribution in [0.2, 0.25) is 5.02 Å². The molecular weight excluding hydrogens is 282 g/mol. The van der Waals surface area contributed by atoms with Crippen LogP contribution < -0.4 is 10.1 Å². The predicted octanol–water partition coefficient (Wildman–Crippen LogP) is 2.25. The molecule has 0 spiro atoms. The van der Waals surface area contributed by atoms with Crippen molar-refractivity contribution in [3.63, 3.8) is 0 Å². The topological polar surface area (TPSA) is 75.6 Å². The van der Waals surface area contributed by atoms with E-state index in [1.54, 1.807) is 19.1 Å². The normalized spacial score (nSPS) is 11.8. The number of hydrogen-bond donors (Lipinski definition) is 2. The predicted molar refractivity (Wildman–Crippen MR) is 76.1 cm³/mol. The number of amides is 1. The summed E-state index contributed by atoms with van der Waals surface area (Å²) in [5.74, 6) is -1.20. The van der Waals surface area contributed by atoms with Gasteiger partial charge >= 0.3 is 5.97 Å². The van der Waals surface area contributed by atoms with Crippen LogP contribution in [-0.4, -0.2) is 30.1 Å². The third-order valence-corrected chi connectivity index (χ3v) is 3.08. The Morgan fingerprint density at radius 3 is 2.80 bits per heavy atom. The number of benzene rings is 1. The number of carbonyl (C=O) groups excluding carboxylic acids is 1. The molecule has 1 unspecified atom stereocenters. The maximum atomic E-state index is 11.5. The average molecular weight is 300 g/mol. The second-order valence-electron chi connectivity index (χ2n) is 4.60. The van der Waals surface area contributed by atoms with Crippen molar-refractivity contribution in [2.45, 2.75) is 20.3 Å². The highest BCUT2D eigenvalue weighted by Gasteiger charge is 2.11. The first-order valence-corrected chi connectivity index (χ1v) is 6.66. The molecule has 0 aliphatic carbocycles. The highest BCUT2D eigenvalue weighted by molar-refractivity contribution is 6.32. The minimum Gasteiger partial charge on any atom is -0.482 e. The molecule has 0 bridgehead atoms. The van der Waals surface area contributed by atoms with Crippen molar-refractivity contribution in [2.75, 3.05) is 13.2 Å². The molecule has 0 fully saturated rings. The van der Waals surface area contributed by atoms with Crippen molar-refractivity contribution in [3.8, 4) is 5.75 Å². The highest BCUT2D eigenvalue weighted by Crippen LogP contribution is 2.24. The Balaban J connectivity index is 2.33. The van der Waals surface area contributed by atoms with E-state index in [9.17, 15) is 9.59 Å². The Labute approximate surface area is 122 Å². The molecule has 0 radical (unpaired) electrons. The number of rotatable bonds is 7. The SMILES string of the molecule is Cc1ccc(Cl)c(OCC(=O)NCCC(C)C(=O)O)c1. The molecule has 1 amide bonds. The van der Waals surface area contributed by atoms with Crippen molar-refractivity contribution >= 4 is 23.5 Å². The first kappa shape index (κ1) is 16.3. The maximum Gasteiger partial charge on any atom is 0.306 e. The van der Waals surface area contributed by atoms with Gasteiger partial charge in [-0.15, -0.1) is 0 Å². The van der Waals surface area contributed by atoms with E-state index in [2.05, 4.69) is 5.32 Å². The number of halogens is 1. The van der Waals surface area contributed by atoms with Crippen LogP contribution in [0.15, 0.2) is 18.2 Å². The van der Waals surface area contributed by atoms with E-state index >= 15 is 0 Å². The van der Waals surface area contributed by atoms with Crippen LogP contribution in [0.4, 0.5) is 0 Å². The van der Waals surface area contributed by atoms with E-state index in [1.165, 1.54) is 0 Å². The van der Waals surface area contributed by atoms with E-state index in [0.29, 0.717) is 23.7 Å². The van der Waals surface area contributed by atoms with Gasteiger partial charge in [-0.05, 0) is 31.0 Å². The zero-order valence-corrected chi connectivity index (χ0v) is 12.2. The number of ether oxygens (including phenoxy) is 1. The quantitative estimate of drug-likeness (QED) is 0.810. The van der Waals surface area contributed by atoms with Gasteiger partial charge in [0, 0.05) is 6.54 Å². The van der Waals surface area contributed by atoms with Crippen LogP contribution in [0.1, 0.15) is 18.9 Å². The number of nitrogens with one attached hydrogen (secondary N) is 1. The smallest absolute Gasteiger partial charge is 0.306 e. The van der Waals surface area contributed by atoms with E-state index in [4.69, 9.17) is 21.4 Å². The molecule has 1 rings (SSSR count). The summed E-state index contributed by atoms with van der Waals surface area (Å²) in [6.07, 6.45) is 0.381. The third kappa shape index (κ3) is 5.48. The van der Waals surface area contributed by atoms with Crippen LogP contribution in [-0.2, 0) is 9.59 Å². The molecule has 0 aliphatic rings. The second kappa shape index (κ2) is 7.75. The van der Waals surface area contributed by atoms with Gasteiger partial charge in [0.25, 0.3) is 5.91 Å². The van der Waals surface area contributed by atoms with Crippen molar-refractivity contribution in [3.05, 3.63) is 28.8 Å². The maximum absolute atomic E-state index is 11.5. The van der Waals surface area contributed by atoms with Gasteiger partial charge in [-0.3, -0.25) is 9.59 Å². The van der Waals surface area contributed by atoms with E-state index in [1.807, 2.05) is 13.0 Å². The van der Waals surface area contributed by atoms with Gasteiger partial charge < -0.3 is 15.2 Å². The molecule has 2 N–H and O–H groups in total. The number of aliphatic carboxylic acids is 1. The second-order valence-corrected chi connectivity index (χ2v) is 5.01. The van der Waals surface area contributed by atoms with Crippen LogP contribution in [0, 0.1) is 12.8 Å². The molecule has 6 heteroatoms. The van der Waals surface area contributed by atoms with E-state index in [-0.39, 0.29) is 12.5 Å². The number of carbonyl (C=O) groups is 2. The Morgan fingerprint density at radius 2 is 2.15 bits per heavy atom. The monoisotopic (exact) mass is 299 g/mol. The Kier molecular flexibility index (Phi) is 6.31. The van der Waals surface area contributed by atoms with Crippen LogP contribution in [0.25, 0.3) is 0 Å². The van der Waals surface area contributed by atoms with E-state index in [0.717, 1.165) is 5.56 Å². The average Bonchev–Trinajstić information content (AvgIpc) is 2.39. The molecule has 1 aromatic rings. The lowest BCUT2D eigenvalue weighted by Crippen LogP contribution is -2.31. The molecule has 1 atom stereocenters. The number of carboxylic acid groups (broad SMARTS) is 1. The van der Waals surface area contributed by atoms with Crippen LogP contribution in [0.3, 0.4) is 0 Å². The summed E-state index contributed by atoms with van der Waals surface area (Å²) in [5.41, 5.74) is 0.986. The Hall–Kier alpha value is -1.75. The largest absolute Gasteiger partial charge is 0.482 e. The summed E-state index contributed by atoms with van der Waals surface area (Å²) in [6.45, 7) is 3.65. The number of hydrogen-bond acceptors (Lipinski definition) is 3. The Morgan fingerprint density at radius 1 is 1.45 bits per heavy atom. The van der Waals surface area contributed by atoms with Crippen molar-refractivity contribution in [2.24, 2.45) is 5.92 Å². The van der Waals surface area contributed by atoms with E-state index < -0.39 is 11.9 Å². The summed E-state index contributed by atoms with van der Waals surface area (Å²) in [6, 6.07) is 5.31. The zero-order valence-electron chi connectivity index (χ0n) is 11.5. The first-order valence-electron chi connectivity index (χ1n) is 6.28. The summed E-state index contributed by atoms with van der Waals surface area (Å²) in [7, 11) is 0. The lowest BCUT2D eigenvalue weighted by molar-refractivity contribution is -0.141. The molecule has 20 heavy (non-hydrogen) atoms. The summed E-state index contributed by atoms with van der Waals surface area (Å²) in [4.78, 5) is 22.1. The lowest BCUT2D eigenvalue weighted by Gasteiger charge is -2.10. The van der Waals surface area contributed by atoms with Gasteiger partial charge in [-0.1, -0.05) is 24.6 Å². The minimum absolute atomic E-state index is 0.148. The van der Waals surface area contributed by atoms with Crippen LogP contribution >= 0.6 is 11.6 Å². The van der Waals surface area contributed by atoms with Crippen molar-refractivity contribution in [1.82, 2.24) is 5.32 Å². The molecule has 1 aromatic carbocycles. The molecule has 0 saturated carbocycles. The van der Waals surface area contributed by atoms with Gasteiger partial charge in [0.05, 0.1) is 10.9 Å². The van der Waals surface area contributed by atoms with Gasteiger partial charge in [0.1, 0.15) is 5.75 Å². The summed E-state index contributed by atoms with van der Waals surface area (Å²) in [5, 5.41) is 11.8. The molecule has 110 valence electrons. The Bertz CT molecular complexity index is 490. The molecule has 5 nitrogen and oxygen atoms in total. The molecule has 0 aromatic heterocycles. The first-order chi connectivity index (χ1) is 9.40. The number of carboxylic acids is 1. The van der Waals surface area contributed by atoms with Crippen molar-refractivity contribution < 1.29 is 19.4 Å². The fourth-order valence-electron chi connectivity index (χ4n) is 1.47. The van der Waals surface area contributed by atoms with Gasteiger partial charge in [0.15, 0.2) is 6.61 Å². The zero-order chi connectivity index (χ0) is 15.1. The van der Waals surface area contributed by atoms with Crippen LogP contribution in [0.5, 0.6) is 5.75 Å². The van der Waals surface area contributed by atoms with Gasteiger partial charge in [0.2, 0.25) is 0 Å². The third-order valence-electron chi connectivity index (χ3n) is 2.77. The van der Waals surface area contributed by atoms with Gasteiger partial charge in [-0.25, -0.2) is 0 Å². The molecule has 0 aliphatic heterocycles. The molecule has 0 saturated heterocycles. The fourth-order valence-corrected chi connectivity index (χ4v) is 1.64. The standard InChI is InChI=1S/C14H18ClNO4/c1-9-3-4-11(15)12(7-9)20-8-13(17)16-6-5-10(2)14(18)19/h3-4,7,10H,5-6,8H2,1-2H3,(H,16,17)(H,18,19). The van der Waals surface area contributed by atoms with Crippen molar-refractivity contribution in [1.29, 1.82) is 0 Å². The molecular formula is C14H18ClNO4. The molecule has 0 heterocycles. The fraction of sp³-hybridized carbons (Fsp3) is 0.429. The summed E-state index contributed by atoms with van der Waals surface area (Å²) < 4.78 is 5.32. The minimum atomic E-state index is -0.873. The van der Waals surface area contributed by atoms with Gasteiger partial charge in [-0.2, -0.15) is 0 Å².